The molecule has 0 aliphatic rings. The number of guanidine groups is 1. The van der Waals surface area contributed by atoms with Crippen molar-refractivity contribution in [2.45, 2.75) is 52.7 Å². The molecule has 0 aliphatic heterocycles. The molecule has 1 aromatic rings. The van der Waals surface area contributed by atoms with Gasteiger partial charge in [0.05, 0.1) is 6.20 Å². The van der Waals surface area contributed by atoms with Gasteiger partial charge in [-0.25, -0.2) is 14.6 Å². The van der Waals surface area contributed by atoms with E-state index in [1.54, 1.807) is 41.5 Å². The molecular weight excluding hydrogens is 314 g/mol. The summed E-state index contributed by atoms with van der Waals surface area (Å²) < 4.78 is 10.2. The summed E-state index contributed by atoms with van der Waals surface area (Å²) in [5.41, 5.74) is -1.42. The van der Waals surface area contributed by atoms with Crippen molar-refractivity contribution in [2.24, 2.45) is 4.99 Å². The van der Waals surface area contributed by atoms with Crippen LogP contribution in [-0.2, 0) is 9.47 Å². The van der Waals surface area contributed by atoms with Crippen LogP contribution in [0.4, 0.5) is 15.4 Å². The molecule has 0 saturated heterocycles. The van der Waals surface area contributed by atoms with E-state index in [1.807, 2.05) is 0 Å². The quantitative estimate of drug-likeness (QED) is 0.598. The number of hydrogen-bond donors (Lipinski definition) is 2. The Morgan fingerprint density at radius 1 is 1.04 bits per heavy atom. The summed E-state index contributed by atoms with van der Waals surface area (Å²) in [7, 11) is 0. The molecule has 2 N–H and O–H groups in total. The topological polar surface area (TPSA) is 115 Å². The van der Waals surface area contributed by atoms with Crippen LogP contribution in [0.5, 0.6) is 0 Å². The Labute approximate surface area is 140 Å². The molecule has 9 heteroatoms. The number of ether oxygens (including phenoxy) is 2. The monoisotopic (exact) mass is 337 g/mol. The zero-order valence-electron chi connectivity index (χ0n) is 14.7. The summed E-state index contributed by atoms with van der Waals surface area (Å²) in [4.78, 5) is 35.3. The molecular formula is C15H23N5O4. The summed E-state index contributed by atoms with van der Waals surface area (Å²) in [6.07, 6.45) is 2.69. The smallest absolute Gasteiger partial charge is 0.437 e. The molecule has 0 atom stereocenters. The van der Waals surface area contributed by atoms with Crippen molar-refractivity contribution in [1.82, 2.24) is 15.3 Å². The van der Waals surface area contributed by atoms with Gasteiger partial charge in [-0.1, -0.05) is 0 Å². The highest BCUT2D eigenvalue weighted by atomic mass is 16.6. The van der Waals surface area contributed by atoms with Gasteiger partial charge in [0.25, 0.3) is 0 Å². The van der Waals surface area contributed by atoms with Gasteiger partial charge in [-0.3, -0.25) is 10.3 Å². The highest BCUT2D eigenvalue weighted by molar-refractivity contribution is 6.05. The van der Waals surface area contributed by atoms with E-state index in [0.29, 0.717) is 0 Å². The lowest BCUT2D eigenvalue weighted by Gasteiger charge is -2.20. The molecule has 0 bridgehead atoms. The maximum atomic E-state index is 11.9. The van der Waals surface area contributed by atoms with E-state index in [9.17, 15) is 9.59 Å². The molecule has 0 aromatic carbocycles. The SMILES string of the molecule is CC(C)(C)OC(=O)N=C(NC(=O)OC(C)(C)C)Nc1cnccn1. The third kappa shape index (κ3) is 8.66. The van der Waals surface area contributed by atoms with Gasteiger partial charge in [-0.15, -0.1) is 4.99 Å². The molecule has 0 aliphatic carbocycles. The molecule has 0 radical (unpaired) electrons. The summed E-state index contributed by atoms with van der Waals surface area (Å²) in [5.74, 6) is 0.106. The van der Waals surface area contributed by atoms with Crippen molar-refractivity contribution in [3.8, 4) is 0 Å². The minimum Gasteiger partial charge on any atom is -0.444 e. The van der Waals surface area contributed by atoms with Gasteiger partial charge in [0.2, 0.25) is 5.96 Å². The molecule has 0 spiro atoms. The van der Waals surface area contributed by atoms with Crippen LogP contribution in [0.3, 0.4) is 0 Å². The Kier molecular flexibility index (Phi) is 6.21. The van der Waals surface area contributed by atoms with E-state index >= 15 is 0 Å². The lowest BCUT2D eigenvalue weighted by atomic mass is 10.2. The fraction of sp³-hybridized carbons (Fsp3) is 0.533. The fourth-order valence-electron chi connectivity index (χ4n) is 1.35. The number of nitrogens with zero attached hydrogens (tertiary/aromatic N) is 3. The molecule has 9 nitrogen and oxygen atoms in total. The first-order valence-corrected chi connectivity index (χ1v) is 7.29. The molecule has 0 saturated carbocycles. The van der Waals surface area contributed by atoms with Crippen molar-refractivity contribution >= 4 is 24.0 Å². The van der Waals surface area contributed by atoms with Crippen molar-refractivity contribution in [1.29, 1.82) is 0 Å². The minimum absolute atomic E-state index is 0.181. The number of aromatic nitrogens is 2. The van der Waals surface area contributed by atoms with E-state index in [1.165, 1.54) is 18.6 Å². The van der Waals surface area contributed by atoms with Crippen LogP contribution >= 0.6 is 0 Å². The third-order valence-electron chi connectivity index (χ3n) is 2.03. The Hall–Kier alpha value is -2.71. The Balaban J connectivity index is 2.90. The summed E-state index contributed by atoms with van der Waals surface area (Å²) in [6.45, 7) is 10.3. The normalized spacial score (nSPS) is 12.3. The van der Waals surface area contributed by atoms with Crippen LogP contribution in [0.2, 0.25) is 0 Å². The molecule has 0 unspecified atom stereocenters. The van der Waals surface area contributed by atoms with Crippen LogP contribution in [0.15, 0.2) is 23.6 Å². The number of hydrogen-bond acceptors (Lipinski definition) is 6. The van der Waals surface area contributed by atoms with E-state index < -0.39 is 23.4 Å². The number of aliphatic imine (C=N–C) groups is 1. The van der Waals surface area contributed by atoms with E-state index in [4.69, 9.17) is 9.47 Å². The zero-order chi connectivity index (χ0) is 18.4. The van der Waals surface area contributed by atoms with E-state index in [0.717, 1.165) is 0 Å². The second kappa shape index (κ2) is 7.71. The predicted molar refractivity (Wildman–Crippen MR) is 88.7 cm³/mol. The van der Waals surface area contributed by atoms with E-state index in [-0.39, 0.29) is 11.8 Å². The molecule has 2 amide bonds. The number of rotatable bonds is 1. The zero-order valence-corrected chi connectivity index (χ0v) is 14.7. The first-order valence-electron chi connectivity index (χ1n) is 7.29. The van der Waals surface area contributed by atoms with Crippen LogP contribution in [0, 0.1) is 0 Å². The number of alkyl carbamates (subject to hydrolysis) is 1. The summed E-state index contributed by atoms with van der Waals surface area (Å²) >= 11 is 0. The molecule has 1 aromatic heterocycles. The van der Waals surface area contributed by atoms with Gasteiger partial charge < -0.3 is 14.8 Å². The molecule has 132 valence electrons. The maximum Gasteiger partial charge on any atom is 0.437 e. The summed E-state index contributed by atoms with van der Waals surface area (Å²) in [5, 5.41) is 5.02. The highest BCUT2D eigenvalue weighted by Gasteiger charge is 2.20. The second-order valence-corrected chi connectivity index (χ2v) is 6.78. The van der Waals surface area contributed by atoms with Crippen molar-refractivity contribution in [2.75, 3.05) is 5.32 Å². The first kappa shape index (κ1) is 19.3. The fourth-order valence-corrected chi connectivity index (χ4v) is 1.35. The summed E-state index contributed by atoms with van der Waals surface area (Å²) in [6, 6.07) is 0. The number of nitrogens with one attached hydrogen (secondary N) is 2. The number of carbonyl (C=O) groups excluding carboxylic acids is 2. The van der Waals surface area contributed by atoms with E-state index in [2.05, 4.69) is 25.6 Å². The van der Waals surface area contributed by atoms with Crippen molar-refractivity contribution < 1.29 is 19.1 Å². The first-order chi connectivity index (χ1) is 10.9. The highest BCUT2D eigenvalue weighted by Crippen LogP contribution is 2.09. The number of amides is 2. The van der Waals surface area contributed by atoms with Gasteiger partial charge >= 0.3 is 12.2 Å². The van der Waals surface area contributed by atoms with Crippen LogP contribution in [-0.4, -0.2) is 39.3 Å². The van der Waals surface area contributed by atoms with Crippen molar-refractivity contribution in [3.05, 3.63) is 18.6 Å². The van der Waals surface area contributed by atoms with Crippen LogP contribution in [0.1, 0.15) is 41.5 Å². The average Bonchev–Trinajstić information content (AvgIpc) is 2.34. The third-order valence-corrected chi connectivity index (χ3v) is 2.03. The predicted octanol–water partition coefficient (Wildman–Crippen LogP) is 2.70. The second-order valence-electron chi connectivity index (χ2n) is 6.78. The van der Waals surface area contributed by atoms with Gasteiger partial charge in [0.1, 0.15) is 11.2 Å². The molecule has 24 heavy (non-hydrogen) atoms. The Bertz CT molecular complexity index is 603. The standard InChI is InChI=1S/C15H23N5O4/c1-14(2,3)23-12(21)19-11(18-10-9-16-7-8-17-10)20-13(22)24-15(4,5)6/h7-9H,1-6H3,(H2,17,18,19,20,21,22). The van der Waals surface area contributed by atoms with Gasteiger partial charge in [0.15, 0.2) is 5.82 Å². The minimum atomic E-state index is -0.870. The van der Waals surface area contributed by atoms with Gasteiger partial charge in [-0.2, -0.15) is 0 Å². The molecule has 1 heterocycles. The van der Waals surface area contributed by atoms with Gasteiger partial charge in [0, 0.05) is 12.4 Å². The molecule has 0 fully saturated rings. The lowest BCUT2D eigenvalue weighted by Crippen LogP contribution is -2.40. The number of carbonyl (C=O) groups is 2. The van der Waals surface area contributed by atoms with Crippen LogP contribution < -0.4 is 10.6 Å². The largest absolute Gasteiger partial charge is 0.444 e. The molecule has 1 rings (SSSR count). The van der Waals surface area contributed by atoms with Gasteiger partial charge in [-0.05, 0) is 41.5 Å². The van der Waals surface area contributed by atoms with Crippen molar-refractivity contribution in [3.63, 3.8) is 0 Å². The Morgan fingerprint density at radius 2 is 1.67 bits per heavy atom. The van der Waals surface area contributed by atoms with Crippen LogP contribution in [0.25, 0.3) is 0 Å². The average molecular weight is 337 g/mol. The number of anilines is 1. The lowest BCUT2D eigenvalue weighted by molar-refractivity contribution is 0.0562. The maximum absolute atomic E-state index is 11.9. The Morgan fingerprint density at radius 3 is 2.17 bits per heavy atom.